The molecule has 2 N–H and O–H groups in total. The number of hydrazine groups is 1. The zero-order valence-electron chi connectivity index (χ0n) is 14.9. The topological polar surface area (TPSA) is 95.7 Å². The number of thiophene rings is 1. The van der Waals surface area contributed by atoms with Crippen molar-refractivity contribution in [3.8, 4) is 11.4 Å². The fourth-order valence-electron chi connectivity index (χ4n) is 3.21. The third-order valence-electron chi connectivity index (χ3n) is 4.62. The molecule has 0 radical (unpaired) electrons. The maximum atomic E-state index is 13.1. The van der Waals surface area contributed by atoms with Crippen molar-refractivity contribution in [2.24, 2.45) is 5.10 Å². The van der Waals surface area contributed by atoms with E-state index >= 15 is 0 Å². The number of amidine groups is 1. The van der Waals surface area contributed by atoms with Crippen LogP contribution in [-0.2, 0) is 10.5 Å². The highest BCUT2D eigenvalue weighted by atomic mass is 32.2. The van der Waals surface area contributed by atoms with Crippen LogP contribution in [0.1, 0.15) is 23.2 Å². The summed E-state index contributed by atoms with van der Waals surface area (Å²) in [5.41, 5.74) is 6.64. The summed E-state index contributed by atoms with van der Waals surface area (Å²) >= 11 is 3.04. The van der Waals surface area contributed by atoms with E-state index in [-0.39, 0.29) is 23.8 Å². The SMILES string of the molecule is O=C1NN=C(SCc2nc(-c3ccc(F)cc3)no2)N2NC(c3cccs3)CC12. The average molecular weight is 430 g/mol. The number of carbonyl (C=O) groups excluding carboxylic acids is 1. The Morgan fingerprint density at radius 3 is 2.97 bits per heavy atom. The zero-order valence-corrected chi connectivity index (χ0v) is 16.5. The molecule has 2 aromatic heterocycles. The van der Waals surface area contributed by atoms with E-state index in [2.05, 4.69) is 32.2 Å². The normalized spacial score (nSPS) is 21.1. The van der Waals surface area contributed by atoms with Gasteiger partial charge >= 0.3 is 0 Å². The van der Waals surface area contributed by atoms with E-state index in [0.29, 0.717) is 34.6 Å². The molecule has 1 aromatic carbocycles. The number of amides is 1. The Hall–Kier alpha value is -2.76. The van der Waals surface area contributed by atoms with Gasteiger partial charge in [-0.15, -0.1) is 16.4 Å². The van der Waals surface area contributed by atoms with E-state index in [1.165, 1.54) is 28.8 Å². The van der Waals surface area contributed by atoms with Crippen LogP contribution in [0, 0.1) is 5.82 Å². The van der Waals surface area contributed by atoms with Gasteiger partial charge in [0.05, 0.1) is 11.8 Å². The smallest absolute Gasteiger partial charge is 0.264 e. The summed E-state index contributed by atoms with van der Waals surface area (Å²) in [5.74, 6) is 0.752. The quantitative estimate of drug-likeness (QED) is 0.657. The minimum absolute atomic E-state index is 0.0723. The fraction of sp³-hybridized carbons (Fsp3) is 0.222. The van der Waals surface area contributed by atoms with Crippen LogP contribution in [-0.4, -0.2) is 32.3 Å². The van der Waals surface area contributed by atoms with Crippen molar-refractivity contribution in [3.63, 3.8) is 0 Å². The Labute approximate surface area is 173 Å². The van der Waals surface area contributed by atoms with Gasteiger partial charge in [0, 0.05) is 16.9 Å². The number of hydrazone groups is 1. The minimum atomic E-state index is -0.320. The molecule has 0 aliphatic carbocycles. The molecule has 0 saturated carbocycles. The van der Waals surface area contributed by atoms with Crippen LogP contribution in [0.4, 0.5) is 4.39 Å². The first-order valence-corrected chi connectivity index (χ1v) is 10.7. The number of fused-ring (bicyclic) bond motifs is 1. The van der Waals surface area contributed by atoms with Gasteiger partial charge in [-0.3, -0.25) is 9.80 Å². The highest BCUT2D eigenvalue weighted by Crippen LogP contribution is 2.33. The van der Waals surface area contributed by atoms with Crippen molar-refractivity contribution in [3.05, 3.63) is 58.4 Å². The summed E-state index contributed by atoms with van der Waals surface area (Å²) in [6.07, 6.45) is 0.668. The molecule has 2 unspecified atom stereocenters. The summed E-state index contributed by atoms with van der Waals surface area (Å²) in [7, 11) is 0. The summed E-state index contributed by atoms with van der Waals surface area (Å²) in [4.78, 5) is 17.7. The van der Waals surface area contributed by atoms with Gasteiger partial charge in [-0.25, -0.2) is 15.2 Å². The van der Waals surface area contributed by atoms with Gasteiger partial charge in [0.15, 0.2) is 5.17 Å². The van der Waals surface area contributed by atoms with Crippen molar-refractivity contribution in [1.82, 2.24) is 26.0 Å². The summed E-state index contributed by atoms with van der Waals surface area (Å²) in [6.45, 7) is 0. The molecule has 0 bridgehead atoms. The van der Waals surface area contributed by atoms with Crippen LogP contribution in [0.3, 0.4) is 0 Å². The lowest BCUT2D eigenvalue weighted by molar-refractivity contribution is -0.125. The molecule has 4 heterocycles. The van der Waals surface area contributed by atoms with Gasteiger partial charge < -0.3 is 4.52 Å². The molecular formula is C18H15FN6O2S2. The number of benzene rings is 1. The lowest BCUT2D eigenvalue weighted by Gasteiger charge is -2.28. The number of hydrogen-bond donors (Lipinski definition) is 2. The van der Waals surface area contributed by atoms with Crippen LogP contribution in [0.2, 0.25) is 0 Å². The lowest BCUT2D eigenvalue weighted by atomic mass is 10.1. The predicted octanol–water partition coefficient (Wildman–Crippen LogP) is 2.89. The Morgan fingerprint density at radius 2 is 2.17 bits per heavy atom. The fourth-order valence-corrected chi connectivity index (χ4v) is 4.79. The van der Waals surface area contributed by atoms with Gasteiger partial charge in [0.2, 0.25) is 11.7 Å². The molecule has 5 rings (SSSR count). The van der Waals surface area contributed by atoms with Gasteiger partial charge in [-0.1, -0.05) is 23.0 Å². The second-order valence-electron chi connectivity index (χ2n) is 6.50. The van der Waals surface area contributed by atoms with Gasteiger partial charge in [0.1, 0.15) is 11.9 Å². The molecule has 3 aromatic rings. The van der Waals surface area contributed by atoms with Crippen LogP contribution in [0.5, 0.6) is 0 Å². The molecule has 1 fully saturated rings. The van der Waals surface area contributed by atoms with Crippen LogP contribution >= 0.6 is 23.1 Å². The zero-order chi connectivity index (χ0) is 19.8. The van der Waals surface area contributed by atoms with Gasteiger partial charge in [-0.2, -0.15) is 4.98 Å². The molecule has 8 nitrogen and oxygen atoms in total. The van der Waals surface area contributed by atoms with Crippen molar-refractivity contribution in [1.29, 1.82) is 0 Å². The highest BCUT2D eigenvalue weighted by Gasteiger charge is 2.42. The molecule has 11 heteroatoms. The largest absolute Gasteiger partial charge is 0.338 e. The third-order valence-corrected chi connectivity index (χ3v) is 6.54. The van der Waals surface area contributed by atoms with Crippen molar-refractivity contribution in [2.45, 2.75) is 24.3 Å². The number of thioether (sulfide) groups is 1. The lowest BCUT2D eigenvalue weighted by Crippen LogP contribution is -2.52. The standard InChI is InChI=1S/C18H15FN6O2S2/c19-11-5-3-10(4-6-11)16-20-15(27-24-16)9-29-18-22-21-17(26)13-8-12(23-25(13)18)14-2-1-7-28-14/h1-7,12-13,23H,8-9H2,(H,21,26). The molecule has 29 heavy (non-hydrogen) atoms. The number of carbonyl (C=O) groups is 1. The number of rotatable bonds is 4. The van der Waals surface area contributed by atoms with Crippen molar-refractivity contribution < 1.29 is 13.7 Å². The first-order chi connectivity index (χ1) is 14.2. The Balaban J connectivity index is 1.27. The summed E-state index contributed by atoms with van der Waals surface area (Å²) in [5, 5.41) is 12.6. The van der Waals surface area contributed by atoms with Crippen LogP contribution in [0.25, 0.3) is 11.4 Å². The van der Waals surface area contributed by atoms with Crippen molar-refractivity contribution in [2.75, 3.05) is 0 Å². The summed E-state index contributed by atoms with van der Waals surface area (Å²) in [6, 6.07) is 9.70. The predicted molar refractivity (Wildman–Crippen MR) is 107 cm³/mol. The van der Waals surface area contributed by atoms with E-state index < -0.39 is 0 Å². The maximum Gasteiger partial charge on any atom is 0.264 e. The number of hydrogen-bond acceptors (Lipinski definition) is 9. The molecular weight excluding hydrogens is 415 g/mol. The molecule has 2 aliphatic heterocycles. The summed E-state index contributed by atoms with van der Waals surface area (Å²) < 4.78 is 18.4. The molecule has 148 valence electrons. The first-order valence-electron chi connectivity index (χ1n) is 8.85. The molecule has 1 saturated heterocycles. The van der Waals surface area contributed by atoms with E-state index in [9.17, 15) is 9.18 Å². The maximum absolute atomic E-state index is 13.1. The second-order valence-corrected chi connectivity index (χ2v) is 8.42. The highest BCUT2D eigenvalue weighted by molar-refractivity contribution is 8.13. The number of nitrogens with one attached hydrogen (secondary N) is 2. The van der Waals surface area contributed by atoms with Crippen LogP contribution in [0.15, 0.2) is 51.4 Å². The van der Waals surface area contributed by atoms with E-state index in [0.717, 1.165) is 0 Å². The number of halogens is 1. The molecule has 0 spiro atoms. The van der Waals surface area contributed by atoms with E-state index in [4.69, 9.17) is 4.52 Å². The number of aromatic nitrogens is 2. The monoisotopic (exact) mass is 430 g/mol. The van der Waals surface area contributed by atoms with Crippen LogP contribution < -0.4 is 10.9 Å². The Bertz CT molecular complexity index is 1050. The average Bonchev–Trinajstić information content (AvgIpc) is 3.48. The molecule has 1 amide bonds. The van der Waals surface area contributed by atoms with E-state index in [1.807, 2.05) is 16.5 Å². The van der Waals surface area contributed by atoms with Gasteiger partial charge in [0.25, 0.3) is 5.91 Å². The minimum Gasteiger partial charge on any atom is -0.338 e. The third kappa shape index (κ3) is 3.63. The Morgan fingerprint density at radius 1 is 1.31 bits per heavy atom. The molecule has 2 atom stereocenters. The van der Waals surface area contributed by atoms with Crippen molar-refractivity contribution >= 4 is 34.2 Å². The second kappa shape index (κ2) is 7.58. The first kappa shape index (κ1) is 18.3. The Kier molecular flexibility index (Phi) is 4.78. The molecule has 2 aliphatic rings. The van der Waals surface area contributed by atoms with Gasteiger partial charge in [-0.05, 0) is 35.7 Å². The van der Waals surface area contributed by atoms with E-state index in [1.54, 1.807) is 23.5 Å². The number of nitrogens with zero attached hydrogens (tertiary/aromatic N) is 4.